The first kappa shape index (κ1) is 15.1. The number of rotatable bonds is 2. The zero-order valence-corrected chi connectivity index (χ0v) is 12.5. The van der Waals surface area contributed by atoms with Crippen LogP contribution >= 0.6 is 0 Å². The molecule has 0 amide bonds. The lowest BCUT2D eigenvalue weighted by molar-refractivity contribution is -0.113. The van der Waals surface area contributed by atoms with Crippen LogP contribution < -0.4 is 0 Å². The zero-order valence-electron chi connectivity index (χ0n) is 12.5. The van der Waals surface area contributed by atoms with Gasteiger partial charge in [-0.15, -0.1) is 0 Å². The fraction of sp³-hybridized carbons (Fsp3) is 0. The van der Waals surface area contributed by atoms with E-state index in [-0.39, 0.29) is 11.1 Å². The summed E-state index contributed by atoms with van der Waals surface area (Å²) < 4.78 is 0. The Labute approximate surface area is 138 Å². The van der Waals surface area contributed by atoms with Crippen LogP contribution in [-0.4, -0.2) is 11.6 Å². The molecule has 1 aliphatic carbocycles. The van der Waals surface area contributed by atoms with Crippen molar-refractivity contribution in [1.82, 2.24) is 0 Å². The van der Waals surface area contributed by atoms with Crippen molar-refractivity contribution in [3.63, 3.8) is 0 Å². The number of nitriles is 2. The minimum absolute atomic E-state index is 0.155. The molecule has 0 atom stereocenters. The lowest BCUT2D eigenvalue weighted by atomic mass is 9.79. The van der Waals surface area contributed by atoms with Crippen LogP contribution in [0.2, 0.25) is 0 Å². The summed E-state index contributed by atoms with van der Waals surface area (Å²) in [6, 6.07) is 20.8. The van der Waals surface area contributed by atoms with Gasteiger partial charge >= 0.3 is 0 Å². The molecule has 0 heterocycles. The van der Waals surface area contributed by atoms with Gasteiger partial charge in [0, 0.05) is 11.1 Å². The number of nitrogens with zero attached hydrogens (tertiary/aromatic N) is 2. The molecule has 0 N–H and O–H groups in total. The van der Waals surface area contributed by atoms with E-state index in [9.17, 15) is 20.1 Å². The van der Waals surface area contributed by atoms with Gasteiger partial charge in [-0.05, 0) is 11.1 Å². The first-order valence-electron chi connectivity index (χ1n) is 7.18. The Hall–Kier alpha value is -3.76. The number of benzene rings is 2. The van der Waals surface area contributed by atoms with Gasteiger partial charge < -0.3 is 0 Å². The van der Waals surface area contributed by atoms with Gasteiger partial charge in [0.1, 0.15) is 23.3 Å². The largest absolute Gasteiger partial charge is 0.288 e. The second-order valence-corrected chi connectivity index (χ2v) is 5.11. The zero-order chi connectivity index (χ0) is 17.1. The van der Waals surface area contributed by atoms with Gasteiger partial charge in [0.05, 0.1) is 0 Å². The van der Waals surface area contributed by atoms with Crippen molar-refractivity contribution >= 4 is 22.7 Å². The molecule has 0 aliphatic heterocycles. The summed E-state index contributed by atoms with van der Waals surface area (Å²) in [5.74, 6) is -1.20. The predicted molar refractivity (Wildman–Crippen MR) is 88.0 cm³/mol. The van der Waals surface area contributed by atoms with Crippen LogP contribution in [0.15, 0.2) is 71.8 Å². The minimum atomic E-state index is -0.598. The van der Waals surface area contributed by atoms with Crippen molar-refractivity contribution in [2.75, 3.05) is 0 Å². The molecule has 0 aromatic heterocycles. The van der Waals surface area contributed by atoms with E-state index in [4.69, 9.17) is 0 Å². The van der Waals surface area contributed by atoms with Crippen molar-refractivity contribution in [3.05, 3.63) is 82.9 Å². The summed E-state index contributed by atoms with van der Waals surface area (Å²) in [4.78, 5) is 25.6. The highest BCUT2D eigenvalue weighted by Crippen LogP contribution is 2.36. The number of hydrogen-bond donors (Lipinski definition) is 0. The molecule has 2 aromatic carbocycles. The number of ketones is 2. The molecule has 3 rings (SSSR count). The quantitative estimate of drug-likeness (QED) is 0.798. The average molecular weight is 310 g/mol. The molecule has 0 radical (unpaired) electrons. The van der Waals surface area contributed by atoms with Crippen molar-refractivity contribution in [1.29, 1.82) is 10.5 Å². The van der Waals surface area contributed by atoms with E-state index < -0.39 is 22.7 Å². The molecule has 24 heavy (non-hydrogen) atoms. The van der Waals surface area contributed by atoms with Crippen LogP contribution in [0, 0.1) is 22.7 Å². The number of carbonyl (C=O) groups excluding carboxylic acids is 2. The van der Waals surface area contributed by atoms with E-state index in [1.165, 1.54) is 0 Å². The molecule has 0 saturated carbocycles. The molecule has 0 fully saturated rings. The third-order valence-corrected chi connectivity index (χ3v) is 3.76. The van der Waals surface area contributed by atoms with Gasteiger partial charge in [0.25, 0.3) is 0 Å². The van der Waals surface area contributed by atoms with Gasteiger partial charge in [0.15, 0.2) is 0 Å². The number of allylic oxidation sites excluding steroid dienone is 4. The fourth-order valence-corrected chi connectivity index (χ4v) is 2.68. The van der Waals surface area contributed by atoms with Crippen molar-refractivity contribution in [2.24, 2.45) is 0 Å². The predicted octanol–water partition coefficient (Wildman–Crippen LogP) is 3.09. The summed E-state index contributed by atoms with van der Waals surface area (Å²) in [6.07, 6.45) is 0. The average Bonchev–Trinajstić information content (AvgIpc) is 2.64. The van der Waals surface area contributed by atoms with Gasteiger partial charge in [-0.3, -0.25) is 9.59 Å². The maximum atomic E-state index is 12.8. The van der Waals surface area contributed by atoms with Gasteiger partial charge in [-0.1, -0.05) is 60.7 Å². The Balaban J connectivity index is 2.37. The van der Waals surface area contributed by atoms with E-state index in [0.29, 0.717) is 11.1 Å². The van der Waals surface area contributed by atoms with E-state index in [1.807, 2.05) is 0 Å². The molecular formula is C20H10N2O2. The molecule has 0 saturated heterocycles. The number of carbonyl (C=O) groups is 2. The van der Waals surface area contributed by atoms with E-state index in [2.05, 4.69) is 0 Å². The van der Waals surface area contributed by atoms with Crippen LogP contribution in [-0.2, 0) is 9.59 Å². The lowest BCUT2D eigenvalue weighted by Gasteiger charge is -2.19. The molecule has 4 heteroatoms. The monoisotopic (exact) mass is 310 g/mol. The maximum Gasteiger partial charge on any atom is 0.206 e. The first-order valence-corrected chi connectivity index (χ1v) is 7.18. The first-order chi connectivity index (χ1) is 11.7. The van der Waals surface area contributed by atoms with Gasteiger partial charge in [-0.25, -0.2) is 0 Å². The van der Waals surface area contributed by atoms with E-state index >= 15 is 0 Å². The Morgan fingerprint density at radius 3 is 1.21 bits per heavy atom. The second-order valence-electron chi connectivity index (χ2n) is 5.11. The standard InChI is InChI=1S/C20H10N2O2/c21-11-15-16(12-22)20(24)18(14-9-5-2-6-10-14)17(19(15)23)13-7-3-1-4-8-13/h1-10H. The summed E-state index contributed by atoms with van der Waals surface area (Å²) in [5, 5.41) is 18.5. The van der Waals surface area contributed by atoms with Crippen LogP contribution in [0.4, 0.5) is 0 Å². The highest BCUT2D eigenvalue weighted by Gasteiger charge is 2.36. The Kier molecular flexibility index (Phi) is 3.89. The summed E-state index contributed by atoms with van der Waals surface area (Å²) in [6.45, 7) is 0. The highest BCUT2D eigenvalue weighted by molar-refractivity contribution is 6.52. The number of Topliss-reactive ketones (excluding diaryl/α,β-unsaturated/α-hetero) is 2. The molecule has 4 nitrogen and oxygen atoms in total. The van der Waals surface area contributed by atoms with Crippen molar-refractivity contribution in [3.8, 4) is 12.1 Å². The summed E-state index contributed by atoms with van der Waals surface area (Å²) >= 11 is 0. The van der Waals surface area contributed by atoms with Crippen LogP contribution in [0.5, 0.6) is 0 Å². The molecule has 1 aliphatic rings. The van der Waals surface area contributed by atoms with Gasteiger partial charge in [0.2, 0.25) is 11.6 Å². The minimum Gasteiger partial charge on any atom is -0.288 e. The number of hydrogen-bond acceptors (Lipinski definition) is 4. The summed E-state index contributed by atoms with van der Waals surface area (Å²) in [7, 11) is 0. The Bertz CT molecular complexity index is 904. The highest BCUT2D eigenvalue weighted by atomic mass is 16.1. The van der Waals surface area contributed by atoms with Crippen LogP contribution in [0.3, 0.4) is 0 Å². The normalized spacial score (nSPS) is 14.4. The van der Waals surface area contributed by atoms with E-state index in [0.717, 1.165) is 0 Å². The summed E-state index contributed by atoms with van der Waals surface area (Å²) in [5.41, 5.74) is 0.589. The second kappa shape index (κ2) is 6.16. The molecule has 112 valence electrons. The fourth-order valence-electron chi connectivity index (χ4n) is 2.68. The Morgan fingerprint density at radius 2 is 0.917 bits per heavy atom. The van der Waals surface area contributed by atoms with Crippen LogP contribution in [0.25, 0.3) is 11.1 Å². The molecule has 0 spiro atoms. The topological polar surface area (TPSA) is 81.7 Å². The van der Waals surface area contributed by atoms with Gasteiger partial charge in [-0.2, -0.15) is 10.5 Å². The third-order valence-electron chi connectivity index (χ3n) is 3.76. The van der Waals surface area contributed by atoms with Crippen LogP contribution in [0.1, 0.15) is 11.1 Å². The smallest absolute Gasteiger partial charge is 0.206 e. The molecule has 0 unspecified atom stereocenters. The maximum absolute atomic E-state index is 12.8. The molecule has 2 aromatic rings. The lowest BCUT2D eigenvalue weighted by Crippen LogP contribution is -2.21. The SMILES string of the molecule is N#CC1=C(C#N)C(=O)C(c2ccccc2)=C(c2ccccc2)C1=O. The van der Waals surface area contributed by atoms with Crippen molar-refractivity contribution < 1.29 is 9.59 Å². The molecule has 0 bridgehead atoms. The van der Waals surface area contributed by atoms with E-state index in [1.54, 1.807) is 72.8 Å². The molecular weight excluding hydrogens is 300 g/mol. The third kappa shape index (κ3) is 2.33. The Morgan fingerprint density at radius 1 is 0.583 bits per heavy atom. The van der Waals surface area contributed by atoms with Crippen molar-refractivity contribution in [2.45, 2.75) is 0 Å².